The van der Waals surface area contributed by atoms with Crippen LogP contribution in [0.4, 0.5) is 0 Å². The van der Waals surface area contributed by atoms with Gasteiger partial charge in [0, 0.05) is 18.2 Å². The van der Waals surface area contributed by atoms with Crippen molar-refractivity contribution in [1.82, 2.24) is 9.73 Å². The van der Waals surface area contributed by atoms with E-state index in [0.717, 1.165) is 15.4 Å². The quantitative estimate of drug-likeness (QED) is 0.185. The number of methoxy groups -OCH3 is 2. The highest BCUT2D eigenvalue weighted by Gasteiger charge is 2.28. The molecule has 0 saturated heterocycles. The molecule has 0 radical (unpaired) electrons. The summed E-state index contributed by atoms with van der Waals surface area (Å²) in [6.45, 7) is -0.111. The number of carbonyl (C=O) groups excluding carboxylic acids is 1. The molecule has 41 heavy (non-hydrogen) atoms. The highest BCUT2D eigenvalue weighted by atomic mass is 32.2. The highest BCUT2D eigenvalue weighted by molar-refractivity contribution is 7.89. The minimum atomic E-state index is -4.10. The number of rotatable bonds is 13. The lowest BCUT2D eigenvalue weighted by Crippen LogP contribution is -2.39. The van der Waals surface area contributed by atoms with Crippen molar-refractivity contribution in [3.05, 3.63) is 120 Å². The van der Waals surface area contributed by atoms with Crippen molar-refractivity contribution in [3.63, 3.8) is 0 Å². The van der Waals surface area contributed by atoms with Crippen LogP contribution in [0, 0.1) is 0 Å². The van der Waals surface area contributed by atoms with Gasteiger partial charge in [-0.2, -0.15) is 9.41 Å². The van der Waals surface area contributed by atoms with E-state index in [0.29, 0.717) is 23.7 Å². The van der Waals surface area contributed by atoms with Gasteiger partial charge in [0.25, 0.3) is 5.91 Å². The maximum absolute atomic E-state index is 13.7. The van der Waals surface area contributed by atoms with Crippen molar-refractivity contribution in [1.29, 1.82) is 0 Å². The molecule has 0 fully saturated rings. The standard InChI is InChI=1S/C31H31N3O6S/c1-38-29-18-17-27(19-30(29)39-2)41(36,37)34(21-24-11-5-3-6-12-24)22-31(35)33-32-20-26-15-9-10-16-28(26)40-23-25-13-7-4-8-14-25/h3-20H,21-23H2,1-2H3,(H,33,35)/b32-20+. The van der Waals surface area contributed by atoms with E-state index in [2.05, 4.69) is 10.5 Å². The summed E-state index contributed by atoms with van der Waals surface area (Å²) in [4.78, 5) is 12.9. The van der Waals surface area contributed by atoms with E-state index in [-0.39, 0.29) is 17.2 Å². The van der Waals surface area contributed by atoms with Crippen LogP contribution < -0.4 is 19.6 Å². The van der Waals surface area contributed by atoms with Crippen LogP contribution in [0.15, 0.2) is 113 Å². The zero-order chi connectivity index (χ0) is 29.1. The normalized spacial score (nSPS) is 11.4. The molecule has 0 aliphatic heterocycles. The Morgan fingerprint density at radius 2 is 1.44 bits per heavy atom. The van der Waals surface area contributed by atoms with Crippen LogP contribution in [0.3, 0.4) is 0 Å². The summed E-state index contributed by atoms with van der Waals surface area (Å²) < 4.78 is 44.9. The van der Waals surface area contributed by atoms with E-state index >= 15 is 0 Å². The van der Waals surface area contributed by atoms with Gasteiger partial charge >= 0.3 is 0 Å². The molecule has 1 N–H and O–H groups in total. The maximum Gasteiger partial charge on any atom is 0.255 e. The minimum absolute atomic E-state index is 0.0230. The third-order valence-corrected chi connectivity index (χ3v) is 7.85. The lowest BCUT2D eigenvalue weighted by molar-refractivity contribution is -0.121. The SMILES string of the molecule is COc1ccc(S(=O)(=O)N(CC(=O)N/N=C/c2ccccc2OCc2ccccc2)Cc2ccccc2)cc1OC. The largest absolute Gasteiger partial charge is 0.493 e. The lowest BCUT2D eigenvalue weighted by atomic mass is 10.2. The average Bonchev–Trinajstić information content (AvgIpc) is 3.01. The van der Waals surface area contributed by atoms with E-state index < -0.39 is 22.5 Å². The van der Waals surface area contributed by atoms with Crippen LogP contribution in [-0.4, -0.2) is 45.6 Å². The Bertz CT molecular complexity index is 1580. The van der Waals surface area contributed by atoms with E-state index in [4.69, 9.17) is 14.2 Å². The van der Waals surface area contributed by atoms with Gasteiger partial charge in [0.2, 0.25) is 10.0 Å². The fourth-order valence-electron chi connectivity index (χ4n) is 3.96. The summed E-state index contributed by atoms with van der Waals surface area (Å²) in [6, 6.07) is 30.3. The molecule has 10 heteroatoms. The molecule has 1 amide bonds. The van der Waals surface area contributed by atoms with Crippen molar-refractivity contribution in [2.75, 3.05) is 20.8 Å². The third kappa shape index (κ3) is 7.93. The Kier molecular flexibility index (Phi) is 10.1. The molecule has 4 rings (SSSR count). The Morgan fingerprint density at radius 3 is 2.12 bits per heavy atom. The van der Waals surface area contributed by atoms with Gasteiger partial charge in [0.05, 0.1) is 31.9 Å². The van der Waals surface area contributed by atoms with Crippen LogP contribution >= 0.6 is 0 Å². The van der Waals surface area contributed by atoms with Crippen LogP contribution in [-0.2, 0) is 28.0 Å². The van der Waals surface area contributed by atoms with Gasteiger partial charge in [0.15, 0.2) is 11.5 Å². The van der Waals surface area contributed by atoms with Crippen LogP contribution in [0.2, 0.25) is 0 Å². The van der Waals surface area contributed by atoms with Crippen molar-refractivity contribution in [2.24, 2.45) is 5.10 Å². The Labute approximate surface area is 240 Å². The van der Waals surface area contributed by atoms with E-state index in [1.165, 1.54) is 38.6 Å². The molecular formula is C31H31N3O6S. The third-order valence-electron chi connectivity index (χ3n) is 6.06. The molecule has 0 spiro atoms. The number of para-hydroxylation sites is 1. The average molecular weight is 574 g/mol. The molecule has 0 unspecified atom stereocenters. The summed E-state index contributed by atoms with van der Waals surface area (Å²) in [5.74, 6) is 0.636. The van der Waals surface area contributed by atoms with Gasteiger partial charge in [0.1, 0.15) is 12.4 Å². The smallest absolute Gasteiger partial charge is 0.255 e. The maximum atomic E-state index is 13.7. The van der Waals surface area contributed by atoms with Crippen LogP contribution in [0.1, 0.15) is 16.7 Å². The molecule has 9 nitrogen and oxygen atoms in total. The number of ether oxygens (including phenoxy) is 3. The van der Waals surface area contributed by atoms with Gasteiger partial charge in [-0.1, -0.05) is 72.8 Å². The molecular weight excluding hydrogens is 542 g/mol. The summed E-state index contributed by atoms with van der Waals surface area (Å²) in [5.41, 5.74) is 4.83. The highest BCUT2D eigenvalue weighted by Crippen LogP contribution is 2.31. The molecule has 4 aromatic carbocycles. The van der Waals surface area contributed by atoms with E-state index in [9.17, 15) is 13.2 Å². The minimum Gasteiger partial charge on any atom is -0.493 e. The molecule has 0 bridgehead atoms. The van der Waals surface area contributed by atoms with E-state index in [1.54, 1.807) is 30.3 Å². The summed E-state index contributed by atoms with van der Waals surface area (Å²) in [6.07, 6.45) is 1.46. The van der Waals surface area contributed by atoms with Crippen LogP contribution in [0.25, 0.3) is 0 Å². The zero-order valence-electron chi connectivity index (χ0n) is 22.8. The number of nitrogens with zero attached hydrogens (tertiary/aromatic N) is 2. The predicted octanol–water partition coefficient (Wildman–Crippen LogP) is 4.62. The number of nitrogens with one attached hydrogen (secondary N) is 1. The monoisotopic (exact) mass is 573 g/mol. The second-order valence-electron chi connectivity index (χ2n) is 8.88. The summed E-state index contributed by atoms with van der Waals surface area (Å²) in [5, 5.41) is 4.06. The Balaban J connectivity index is 1.49. The second kappa shape index (κ2) is 14.1. The molecule has 212 valence electrons. The Hall–Kier alpha value is -4.67. The first-order valence-corrected chi connectivity index (χ1v) is 14.2. The van der Waals surface area contributed by atoms with Crippen molar-refractivity contribution in [3.8, 4) is 17.2 Å². The zero-order valence-corrected chi connectivity index (χ0v) is 23.6. The van der Waals surface area contributed by atoms with Gasteiger partial charge in [-0.3, -0.25) is 4.79 Å². The summed E-state index contributed by atoms with van der Waals surface area (Å²) >= 11 is 0. The fraction of sp³-hybridized carbons (Fsp3) is 0.161. The van der Waals surface area contributed by atoms with Crippen LogP contribution in [0.5, 0.6) is 17.2 Å². The van der Waals surface area contributed by atoms with Crippen molar-refractivity contribution < 1.29 is 27.4 Å². The molecule has 4 aromatic rings. The fourth-order valence-corrected chi connectivity index (χ4v) is 5.36. The van der Waals surface area contributed by atoms with Gasteiger partial charge < -0.3 is 14.2 Å². The first-order valence-electron chi connectivity index (χ1n) is 12.7. The first kappa shape index (κ1) is 29.3. The van der Waals surface area contributed by atoms with E-state index in [1.807, 2.05) is 54.6 Å². The Morgan fingerprint density at radius 1 is 0.805 bits per heavy atom. The molecule has 0 heterocycles. The lowest BCUT2D eigenvalue weighted by Gasteiger charge is -2.22. The van der Waals surface area contributed by atoms with Gasteiger partial charge in [-0.15, -0.1) is 0 Å². The number of hydrazone groups is 1. The van der Waals surface area contributed by atoms with Crippen molar-refractivity contribution in [2.45, 2.75) is 18.0 Å². The summed E-state index contributed by atoms with van der Waals surface area (Å²) in [7, 11) is -1.22. The number of sulfonamides is 1. The van der Waals surface area contributed by atoms with Crippen molar-refractivity contribution >= 4 is 22.1 Å². The molecule has 0 aromatic heterocycles. The number of hydrogen-bond donors (Lipinski definition) is 1. The second-order valence-corrected chi connectivity index (χ2v) is 10.8. The molecule has 0 aliphatic rings. The number of hydrogen-bond acceptors (Lipinski definition) is 7. The molecule has 0 saturated carbocycles. The number of amides is 1. The number of carbonyl (C=O) groups is 1. The predicted molar refractivity (Wildman–Crippen MR) is 157 cm³/mol. The topological polar surface area (TPSA) is 107 Å². The first-order chi connectivity index (χ1) is 19.9. The molecule has 0 atom stereocenters. The van der Waals surface area contributed by atoms with Gasteiger partial charge in [-0.25, -0.2) is 13.8 Å². The number of benzene rings is 4. The molecule has 0 aliphatic carbocycles. The van der Waals surface area contributed by atoms with Gasteiger partial charge in [-0.05, 0) is 35.4 Å².